The van der Waals surface area contributed by atoms with Crippen molar-refractivity contribution in [3.05, 3.63) is 64.2 Å². The number of piperidine rings is 1. The Labute approximate surface area is 194 Å². The highest BCUT2D eigenvalue weighted by Gasteiger charge is 2.40. The van der Waals surface area contributed by atoms with Gasteiger partial charge in [0.15, 0.2) is 0 Å². The van der Waals surface area contributed by atoms with Crippen LogP contribution in [0.5, 0.6) is 11.5 Å². The molecule has 0 aromatic heterocycles. The third-order valence-corrected chi connectivity index (χ3v) is 6.98. The van der Waals surface area contributed by atoms with E-state index in [1.165, 1.54) is 11.1 Å². The minimum Gasteiger partial charge on any atom is -0.489 e. The van der Waals surface area contributed by atoms with E-state index in [9.17, 15) is 15.0 Å². The van der Waals surface area contributed by atoms with Gasteiger partial charge in [0.25, 0.3) is 0 Å². The number of rotatable bonds is 6. The van der Waals surface area contributed by atoms with E-state index in [1.54, 1.807) is 0 Å². The Morgan fingerprint density at radius 2 is 1.97 bits per heavy atom. The summed E-state index contributed by atoms with van der Waals surface area (Å²) >= 11 is 0. The molecule has 0 radical (unpaired) electrons. The minimum atomic E-state index is -1.38. The van der Waals surface area contributed by atoms with E-state index in [1.807, 2.05) is 24.3 Å². The molecule has 1 atom stereocenters. The molecule has 2 N–H and O–H groups in total. The first-order valence-corrected chi connectivity index (χ1v) is 11.9. The molecule has 33 heavy (non-hydrogen) atoms. The number of aliphatic carboxylic acids is 1. The SMILES string of the molecule is CCCc1ccc2c(c1)OC(O)(c1ccc3c(c1)OCC(CN1CCC(C(=O)O)CC1)=C3)C2. The maximum Gasteiger partial charge on any atom is 0.306 e. The summed E-state index contributed by atoms with van der Waals surface area (Å²) in [4.78, 5) is 13.5. The Morgan fingerprint density at radius 1 is 1.15 bits per heavy atom. The lowest BCUT2D eigenvalue weighted by Crippen LogP contribution is -2.38. The summed E-state index contributed by atoms with van der Waals surface area (Å²) in [6, 6.07) is 12.0. The van der Waals surface area contributed by atoms with Gasteiger partial charge in [0, 0.05) is 29.7 Å². The number of benzene rings is 2. The van der Waals surface area contributed by atoms with Crippen LogP contribution in [0.25, 0.3) is 6.08 Å². The number of carboxylic acid groups (broad SMARTS) is 1. The zero-order chi connectivity index (χ0) is 23.0. The van der Waals surface area contributed by atoms with Gasteiger partial charge in [-0.15, -0.1) is 0 Å². The lowest BCUT2D eigenvalue weighted by Gasteiger charge is -2.31. The highest BCUT2D eigenvalue weighted by molar-refractivity contribution is 5.70. The van der Waals surface area contributed by atoms with Crippen molar-refractivity contribution >= 4 is 12.0 Å². The largest absolute Gasteiger partial charge is 0.489 e. The van der Waals surface area contributed by atoms with Gasteiger partial charge in [-0.25, -0.2) is 0 Å². The van der Waals surface area contributed by atoms with Crippen LogP contribution in [0, 0.1) is 5.92 Å². The number of hydrogen-bond acceptors (Lipinski definition) is 5. The van der Waals surface area contributed by atoms with Crippen LogP contribution < -0.4 is 9.47 Å². The maximum atomic E-state index is 11.3. The highest BCUT2D eigenvalue weighted by Crippen LogP contribution is 2.42. The number of aliphatic hydroxyl groups is 1. The summed E-state index contributed by atoms with van der Waals surface area (Å²) in [6.07, 6.45) is 6.03. The van der Waals surface area contributed by atoms with E-state index >= 15 is 0 Å². The molecule has 0 saturated carbocycles. The minimum absolute atomic E-state index is 0.218. The first kappa shape index (κ1) is 22.0. The number of likely N-dealkylation sites (tertiary alicyclic amines) is 1. The molecule has 0 bridgehead atoms. The Kier molecular flexibility index (Phi) is 5.89. The molecule has 1 fully saturated rings. The fourth-order valence-electron chi connectivity index (χ4n) is 5.09. The molecule has 2 aromatic carbocycles. The van der Waals surface area contributed by atoms with Crippen LogP contribution in [0.4, 0.5) is 0 Å². The summed E-state index contributed by atoms with van der Waals surface area (Å²) in [5, 5.41) is 20.5. The third kappa shape index (κ3) is 4.50. The van der Waals surface area contributed by atoms with Crippen LogP contribution in [-0.2, 0) is 23.4 Å². The second-order valence-corrected chi connectivity index (χ2v) is 9.49. The number of nitrogens with zero attached hydrogens (tertiary/aromatic N) is 1. The van der Waals surface area contributed by atoms with Crippen LogP contribution in [-0.4, -0.2) is 47.3 Å². The van der Waals surface area contributed by atoms with Crippen molar-refractivity contribution in [1.29, 1.82) is 0 Å². The summed E-state index contributed by atoms with van der Waals surface area (Å²) in [5.74, 6) is -0.775. The van der Waals surface area contributed by atoms with Gasteiger partial charge in [-0.1, -0.05) is 37.6 Å². The van der Waals surface area contributed by atoms with Gasteiger partial charge in [-0.3, -0.25) is 9.69 Å². The lowest BCUT2D eigenvalue weighted by atomic mass is 9.95. The van der Waals surface area contributed by atoms with Crippen LogP contribution in [0.2, 0.25) is 0 Å². The normalized spacial score (nSPS) is 22.7. The molecule has 6 nitrogen and oxygen atoms in total. The predicted molar refractivity (Wildman–Crippen MR) is 125 cm³/mol. The van der Waals surface area contributed by atoms with Gasteiger partial charge in [0.05, 0.1) is 5.92 Å². The molecule has 3 aliphatic rings. The van der Waals surface area contributed by atoms with Gasteiger partial charge in [0.2, 0.25) is 5.79 Å². The van der Waals surface area contributed by atoms with Crippen molar-refractivity contribution in [2.24, 2.45) is 5.92 Å². The molecule has 2 aromatic rings. The monoisotopic (exact) mass is 449 g/mol. The molecular weight excluding hydrogens is 418 g/mol. The first-order valence-electron chi connectivity index (χ1n) is 11.9. The topological polar surface area (TPSA) is 79.2 Å². The van der Waals surface area contributed by atoms with Gasteiger partial charge in [0.1, 0.15) is 18.1 Å². The van der Waals surface area contributed by atoms with E-state index in [2.05, 4.69) is 30.0 Å². The van der Waals surface area contributed by atoms with Crippen LogP contribution in [0.3, 0.4) is 0 Å². The standard InChI is InChI=1S/C27H31NO5/c1-2-3-18-4-5-22-15-27(31,33-25(22)13-18)23-7-6-21-12-19(17-32-24(21)14-23)16-28-10-8-20(9-11-28)26(29)30/h4-7,12-14,20,31H,2-3,8-11,15-17H2,1H3,(H,29,30). The average molecular weight is 450 g/mol. The third-order valence-electron chi connectivity index (χ3n) is 6.98. The number of ether oxygens (including phenoxy) is 2. The van der Waals surface area contributed by atoms with E-state index in [-0.39, 0.29) is 5.92 Å². The zero-order valence-corrected chi connectivity index (χ0v) is 19.0. The van der Waals surface area contributed by atoms with Crippen molar-refractivity contribution in [3.63, 3.8) is 0 Å². The lowest BCUT2D eigenvalue weighted by molar-refractivity contribution is -0.143. The average Bonchev–Trinajstić information content (AvgIpc) is 3.16. The first-order chi connectivity index (χ1) is 15.9. The molecule has 5 rings (SSSR count). The van der Waals surface area contributed by atoms with Crippen LogP contribution in [0.15, 0.2) is 42.0 Å². The van der Waals surface area contributed by atoms with E-state index < -0.39 is 11.8 Å². The Morgan fingerprint density at radius 3 is 2.73 bits per heavy atom. The van der Waals surface area contributed by atoms with Gasteiger partial charge < -0.3 is 19.7 Å². The quantitative estimate of drug-likeness (QED) is 0.694. The van der Waals surface area contributed by atoms with Gasteiger partial charge >= 0.3 is 5.97 Å². The Balaban J connectivity index is 1.27. The Bertz CT molecular complexity index is 1090. The van der Waals surface area contributed by atoms with E-state index in [0.29, 0.717) is 31.4 Å². The number of aryl methyl sites for hydroxylation is 1. The number of hydrogen-bond donors (Lipinski definition) is 2. The number of fused-ring (bicyclic) bond motifs is 2. The summed E-state index contributed by atoms with van der Waals surface area (Å²) in [5.41, 5.74) is 5.10. The second-order valence-electron chi connectivity index (χ2n) is 9.49. The molecule has 0 aliphatic carbocycles. The fraction of sp³-hybridized carbons (Fsp3) is 0.444. The molecule has 6 heteroatoms. The molecule has 1 saturated heterocycles. The van der Waals surface area contributed by atoms with E-state index in [4.69, 9.17) is 9.47 Å². The van der Waals surface area contributed by atoms with Crippen molar-refractivity contribution in [2.45, 2.75) is 44.8 Å². The second kappa shape index (κ2) is 8.84. The van der Waals surface area contributed by atoms with Crippen LogP contribution >= 0.6 is 0 Å². The van der Waals surface area contributed by atoms with Crippen molar-refractivity contribution < 1.29 is 24.5 Å². The predicted octanol–water partition coefficient (Wildman–Crippen LogP) is 3.99. The maximum absolute atomic E-state index is 11.3. The number of carbonyl (C=O) groups is 1. The molecule has 1 unspecified atom stereocenters. The zero-order valence-electron chi connectivity index (χ0n) is 19.0. The molecule has 0 spiro atoms. The Hall–Kier alpha value is -2.83. The van der Waals surface area contributed by atoms with Crippen molar-refractivity contribution in [2.75, 3.05) is 26.2 Å². The summed E-state index contributed by atoms with van der Waals surface area (Å²) < 4.78 is 12.1. The highest BCUT2D eigenvalue weighted by atomic mass is 16.6. The molecular formula is C27H31NO5. The smallest absolute Gasteiger partial charge is 0.306 e. The summed E-state index contributed by atoms with van der Waals surface area (Å²) in [7, 11) is 0. The van der Waals surface area contributed by atoms with Crippen LogP contribution in [0.1, 0.15) is 48.4 Å². The number of carboxylic acids is 1. The molecule has 174 valence electrons. The molecule has 3 heterocycles. The molecule has 0 amide bonds. The van der Waals surface area contributed by atoms with Gasteiger partial charge in [-0.05, 0) is 61.7 Å². The van der Waals surface area contributed by atoms with Gasteiger partial charge in [-0.2, -0.15) is 0 Å². The van der Waals surface area contributed by atoms with Crippen molar-refractivity contribution in [1.82, 2.24) is 4.90 Å². The van der Waals surface area contributed by atoms with E-state index in [0.717, 1.165) is 55.1 Å². The molecule has 3 aliphatic heterocycles. The summed E-state index contributed by atoms with van der Waals surface area (Å²) in [6.45, 7) is 5.03. The van der Waals surface area contributed by atoms with Crippen molar-refractivity contribution in [3.8, 4) is 11.5 Å². The fourth-order valence-corrected chi connectivity index (χ4v) is 5.09.